The van der Waals surface area contributed by atoms with Gasteiger partial charge >= 0.3 is 0 Å². The molecule has 15 heavy (non-hydrogen) atoms. The Morgan fingerprint density at radius 2 is 2.40 bits per heavy atom. The van der Waals surface area contributed by atoms with Gasteiger partial charge in [-0.3, -0.25) is 9.69 Å². The van der Waals surface area contributed by atoms with Crippen LogP contribution in [0.2, 0.25) is 0 Å². The summed E-state index contributed by atoms with van der Waals surface area (Å²) in [5, 5.41) is 0. The fourth-order valence-electron chi connectivity index (χ4n) is 1.77. The Bertz CT molecular complexity index is 378. The second kappa shape index (κ2) is 3.98. The van der Waals surface area contributed by atoms with E-state index in [9.17, 15) is 4.79 Å². The number of nitrogens with two attached hydrogens (primary N) is 1. The van der Waals surface area contributed by atoms with Crippen LogP contribution >= 0.6 is 0 Å². The van der Waals surface area contributed by atoms with E-state index < -0.39 is 0 Å². The van der Waals surface area contributed by atoms with Crippen LogP contribution in [0.5, 0.6) is 0 Å². The molecule has 2 rings (SSSR count). The summed E-state index contributed by atoms with van der Waals surface area (Å²) in [7, 11) is 0. The van der Waals surface area contributed by atoms with Crippen molar-refractivity contribution in [3.63, 3.8) is 0 Å². The zero-order chi connectivity index (χ0) is 10.8. The first-order chi connectivity index (χ1) is 7.20. The van der Waals surface area contributed by atoms with E-state index in [1.807, 2.05) is 25.1 Å². The summed E-state index contributed by atoms with van der Waals surface area (Å²) < 4.78 is 0. The fourth-order valence-corrected chi connectivity index (χ4v) is 1.77. The van der Waals surface area contributed by atoms with Crippen molar-refractivity contribution in [2.24, 2.45) is 5.73 Å². The molecule has 0 radical (unpaired) electrons. The first-order valence-corrected chi connectivity index (χ1v) is 5.22. The summed E-state index contributed by atoms with van der Waals surface area (Å²) in [5.74, 6) is 0.801. The highest BCUT2D eigenvalue weighted by molar-refractivity contribution is 5.95. The van der Waals surface area contributed by atoms with E-state index in [1.165, 1.54) is 0 Å². The summed E-state index contributed by atoms with van der Waals surface area (Å²) >= 11 is 0. The van der Waals surface area contributed by atoms with E-state index >= 15 is 0 Å². The molecule has 0 saturated carbocycles. The molecule has 0 aromatic carbocycles. The molecule has 1 aliphatic rings. The van der Waals surface area contributed by atoms with Crippen LogP contribution in [-0.4, -0.2) is 23.5 Å². The lowest BCUT2D eigenvalue weighted by Crippen LogP contribution is -2.28. The normalized spacial score (nSPS) is 21.1. The predicted molar refractivity (Wildman–Crippen MR) is 58.6 cm³/mol. The highest BCUT2D eigenvalue weighted by atomic mass is 16.2. The van der Waals surface area contributed by atoms with Crippen LogP contribution in [-0.2, 0) is 11.2 Å². The van der Waals surface area contributed by atoms with Crippen molar-refractivity contribution in [2.75, 3.05) is 11.4 Å². The molecule has 80 valence electrons. The average Bonchev–Trinajstić information content (AvgIpc) is 2.58. The van der Waals surface area contributed by atoms with Gasteiger partial charge in [-0.1, -0.05) is 13.0 Å². The zero-order valence-corrected chi connectivity index (χ0v) is 8.81. The number of aromatic nitrogens is 1. The summed E-state index contributed by atoms with van der Waals surface area (Å²) in [6.45, 7) is 2.63. The zero-order valence-electron chi connectivity index (χ0n) is 8.81. The Kier molecular flexibility index (Phi) is 2.68. The van der Waals surface area contributed by atoms with Crippen LogP contribution in [0.25, 0.3) is 0 Å². The molecule has 0 unspecified atom stereocenters. The molecule has 1 fully saturated rings. The molecule has 1 aromatic heterocycles. The maximum Gasteiger partial charge on any atom is 0.229 e. The first-order valence-electron chi connectivity index (χ1n) is 5.22. The largest absolute Gasteiger partial charge is 0.326 e. The second-order valence-electron chi connectivity index (χ2n) is 3.81. The molecule has 0 spiro atoms. The molecule has 1 amide bonds. The van der Waals surface area contributed by atoms with Crippen molar-refractivity contribution in [1.82, 2.24) is 4.98 Å². The molecule has 0 aliphatic carbocycles. The third-order valence-electron chi connectivity index (χ3n) is 2.59. The van der Waals surface area contributed by atoms with Gasteiger partial charge in [0.05, 0.1) is 0 Å². The van der Waals surface area contributed by atoms with Gasteiger partial charge in [0.15, 0.2) is 0 Å². The molecule has 4 nitrogen and oxygen atoms in total. The Balaban J connectivity index is 2.25. The summed E-state index contributed by atoms with van der Waals surface area (Å²) in [6, 6.07) is 5.70. The molecule has 0 bridgehead atoms. The molecule has 1 aliphatic heterocycles. The van der Waals surface area contributed by atoms with Gasteiger partial charge in [0.2, 0.25) is 5.91 Å². The van der Waals surface area contributed by atoms with Crippen molar-refractivity contribution in [3.05, 3.63) is 23.9 Å². The Labute approximate surface area is 89.1 Å². The van der Waals surface area contributed by atoms with Gasteiger partial charge in [0, 0.05) is 24.7 Å². The van der Waals surface area contributed by atoms with Crippen molar-refractivity contribution in [1.29, 1.82) is 0 Å². The van der Waals surface area contributed by atoms with Gasteiger partial charge in [-0.05, 0) is 18.6 Å². The summed E-state index contributed by atoms with van der Waals surface area (Å²) in [6.07, 6.45) is 1.31. The summed E-state index contributed by atoms with van der Waals surface area (Å²) in [5.41, 5.74) is 6.73. The number of hydrogen-bond acceptors (Lipinski definition) is 3. The van der Waals surface area contributed by atoms with Gasteiger partial charge in [-0.25, -0.2) is 4.98 Å². The van der Waals surface area contributed by atoms with Gasteiger partial charge in [0.25, 0.3) is 0 Å². The second-order valence-corrected chi connectivity index (χ2v) is 3.81. The predicted octanol–water partition coefficient (Wildman–Crippen LogP) is 0.708. The topological polar surface area (TPSA) is 59.2 Å². The molecule has 1 atom stereocenters. The van der Waals surface area contributed by atoms with E-state index in [0.29, 0.717) is 13.0 Å². The Hall–Kier alpha value is -1.42. The van der Waals surface area contributed by atoms with E-state index in [4.69, 9.17) is 5.73 Å². The average molecular weight is 205 g/mol. The smallest absolute Gasteiger partial charge is 0.229 e. The van der Waals surface area contributed by atoms with Crippen LogP contribution in [0.3, 0.4) is 0 Å². The van der Waals surface area contributed by atoms with Gasteiger partial charge in [-0.2, -0.15) is 0 Å². The third kappa shape index (κ3) is 1.99. The molecule has 1 aromatic rings. The number of carbonyl (C=O) groups excluding carboxylic acids is 1. The number of hydrogen-bond donors (Lipinski definition) is 1. The molecule has 2 heterocycles. The molecule has 2 N–H and O–H groups in total. The van der Waals surface area contributed by atoms with Crippen LogP contribution in [0.15, 0.2) is 18.2 Å². The lowest BCUT2D eigenvalue weighted by molar-refractivity contribution is -0.117. The van der Waals surface area contributed by atoms with Crippen LogP contribution in [0.1, 0.15) is 19.0 Å². The number of anilines is 1. The van der Waals surface area contributed by atoms with Crippen LogP contribution < -0.4 is 10.6 Å². The third-order valence-corrected chi connectivity index (χ3v) is 2.59. The number of nitrogens with zero attached hydrogens (tertiary/aromatic N) is 2. The lowest BCUT2D eigenvalue weighted by atomic mass is 10.3. The number of aryl methyl sites for hydroxylation is 1. The SMILES string of the molecule is CCc1cccc(N2C[C@H](N)CC2=O)n1. The van der Waals surface area contributed by atoms with Crippen molar-refractivity contribution in [2.45, 2.75) is 25.8 Å². The maximum atomic E-state index is 11.6. The van der Waals surface area contributed by atoms with Crippen molar-refractivity contribution < 1.29 is 4.79 Å². The highest BCUT2D eigenvalue weighted by Crippen LogP contribution is 2.18. The van der Waals surface area contributed by atoms with Gasteiger partial charge in [0.1, 0.15) is 5.82 Å². The first kappa shape index (κ1) is 10.1. The van der Waals surface area contributed by atoms with E-state index in [1.54, 1.807) is 4.90 Å². The van der Waals surface area contributed by atoms with Crippen LogP contribution in [0.4, 0.5) is 5.82 Å². The minimum absolute atomic E-state index is 0.0513. The maximum absolute atomic E-state index is 11.6. The number of carbonyl (C=O) groups is 1. The van der Waals surface area contributed by atoms with E-state index in [0.717, 1.165) is 17.9 Å². The number of rotatable bonds is 2. The highest BCUT2D eigenvalue weighted by Gasteiger charge is 2.28. The summed E-state index contributed by atoms with van der Waals surface area (Å²) in [4.78, 5) is 17.7. The number of pyridine rings is 1. The lowest BCUT2D eigenvalue weighted by Gasteiger charge is -2.15. The van der Waals surface area contributed by atoms with Crippen molar-refractivity contribution >= 4 is 11.7 Å². The fraction of sp³-hybridized carbons (Fsp3) is 0.455. The van der Waals surface area contributed by atoms with Gasteiger partial charge in [-0.15, -0.1) is 0 Å². The monoisotopic (exact) mass is 205 g/mol. The number of amides is 1. The van der Waals surface area contributed by atoms with Crippen molar-refractivity contribution in [3.8, 4) is 0 Å². The van der Waals surface area contributed by atoms with Gasteiger partial charge < -0.3 is 5.73 Å². The minimum atomic E-state index is -0.0513. The Morgan fingerprint density at radius 1 is 1.60 bits per heavy atom. The quantitative estimate of drug-likeness (QED) is 0.773. The molecular weight excluding hydrogens is 190 g/mol. The standard InChI is InChI=1S/C11H15N3O/c1-2-9-4-3-5-10(13-9)14-7-8(12)6-11(14)15/h3-5,8H,2,6-7,12H2,1H3/t8-/m1/s1. The molecule has 1 saturated heterocycles. The van der Waals surface area contributed by atoms with E-state index in [-0.39, 0.29) is 11.9 Å². The molecule has 4 heteroatoms. The minimum Gasteiger partial charge on any atom is -0.326 e. The van der Waals surface area contributed by atoms with Crippen LogP contribution in [0, 0.1) is 0 Å². The van der Waals surface area contributed by atoms with E-state index in [2.05, 4.69) is 4.98 Å². The Morgan fingerprint density at radius 3 is 3.00 bits per heavy atom. The molecular formula is C11H15N3O.